The Bertz CT molecular complexity index is 1190. The van der Waals surface area contributed by atoms with Crippen LogP contribution >= 0.6 is 0 Å². The smallest absolute Gasteiger partial charge is 0.244 e. The van der Waals surface area contributed by atoms with Gasteiger partial charge in [0, 0.05) is 5.56 Å². The van der Waals surface area contributed by atoms with Gasteiger partial charge >= 0.3 is 0 Å². The van der Waals surface area contributed by atoms with Gasteiger partial charge in [0.05, 0.1) is 38.3 Å². The van der Waals surface area contributed by atoms with E-state index in [1.165, 1.54) is 7.11 Å². The molecule has 2 bridgehead atoms. The Balaban J connectivity index is 2.01. The monoisotopic (exact) mass is 428 g/mol. The molecule has 4 rings (SSSR count). The molecule has 0 saturated carbocycles. The molecule has 0 amide bonds. The maximum Gasteiger partial charge on any atom is 0.244 e. The summed E-state index contributed by atoms with van der Waals surface area (Å²) in [6, 6.07) is 19.9. The first-order valence-electron chi connectivity index (χ1n) is 9.87. The van der Waals surface area contributed by atoms with Gasteiger partial charge in [0.25, 0.3) is 0 Å². The van der Waals surface area contributed by atoms with Crippen molar-refractivity contribution in [2.24, 2.45) is 16.7 Å². The molecule has 2 saturated heterocycles. The molecular formula is C24H20N4O4. The minimum absolute atomic E-state index is 0.461. The van der Waals surface area contributed by atoms with Crippen LogP contribution in [0.25, 0.3) is 0 Å². The van der Waals surface area contributed by atoms with Crippen LogP contribution in [0.2, 0.25) is 0 Å². The largest absolute Gasteiger partial charge is 0.497 e. The minimum atomic E-state index is -2.03. The van der Waals surface area contributed by atoms with Gasteiger partial charge in [0.1, 0.15) is 17.6 Å². The molecule has 1 N–H and O–H groups in total. The normalized spacial score (nSPS) is 29.7. The zero-order valence-corrected chi connectivity index (χ0v) is 17.7. The Morgan fingerprint density at radius 3 is 2.16 bits per heavy atom. The predicted octanol–water partition coefficient (Wildman–Crippen LogP) is 3.82. The molecule has 4 unspecified atom stereocenters. The first-order chi connectivity index (χ1) is 15.4. The van der Waals surface area contributed by atoms with E-state index in [1.807, 2.05) is 12.1 Å². The van der Waals surface area contributed by atoms with Gasteiger partial charge in [-0.3, -0.25) is 5.41 Å². The van der Waals surface area contributed by atoms with Gasteiger partial charge in [-0.15, -0.1) is 0 Å². The highest BCUT2D eigenvalue weighted by Crippen LogP contribution is 2.69. The second-order valence-electron chi connectivity index (χ2n) is 7.77. The van der Waals surface area contributed by atoms with E-state index >= 15 is 0 Å². The molecule has 0 spiro atoms. The summed E-state index contributed by atoms with van der Waals surface area (Å²) in [5.41, 5.74) is -2.88. The Kier molecular flexibility index (Phi) is 4.81. The summed E-state index contributed by atoms with van der Waals surface area (Å²) in [6.07, 6.45) is -1.19. The summed E-state index contributed by atoms with van der Waals surface area (Å²) in [5.74, 6) is -1.73. The molecular weight excluding hydrogens is 408 g/mol. The van der Waals surface area contributed by atoms with E-state index in [0.29, 0.717) is 22.6 Å². The van der Waals surface area contributed by atoms with Gasteiger partial charge in [0.2, 0.25) is 17.1 Å². The highest BCUT2D eigenvalue weighted by atomic mass is 16.7. The van der Waals surface area contributed by atoms with Crippen molar-refractivity contribution >= 4 is 5.90 Å². The maximum absolute atomic E-state index is 10.3. The fourth-order valence-corrected chi connectivity index (χ4v) is 4.80. The second-order valence-corrected chi connectivity index (χ2v) is 7.77. The third kappa shape index (κ3) is 2.40. The first-order valence-corrected chi connectivity index (χ1v) is 9.87. The number of nitrogens with zero attached hydrogens (tertiary/aromatic N) is 3. The van der Waals surface area contributed by atoms with Crippen molar-refractivity contribution in [1.82, 2.24) is 0 Å². The third-order valence-corrected chi connectivity index (χ3v) is 6.56. The van der Waals surface area contributed by atoms with Gasteiger partial charge in [0.15, 0.2) is 5.41 Å². The van der Waals surface area contributed by atoms with Crippen LogP contribution in [0.4, 0.5) is 0 Å². The molecule has 2 aliphatic rings. The number of nitriles is 3. The van der Waals surface area contributed by atoms with E-state index in [0.717, 1.165) is 0 Å². The van der Waals surface area contributed by atoms with Crippen molar-refractivity contribution in [2.45, 2.75) is 18.8 Å². The van der Waals surface area contributed by atoms with E-state index in [2.05, 4.69) is 6.07 Å². The lowest BCUT2D eigenvalue weighted by Crippen LogP contribution is -2.57. The van der Waals surface area contributed by atoms with Crippen LogP contribution in [0.5, 0.6) is 11.5 Å². The topological polar surface area (TPSA) is 132 Å². The molecule has 8 heteroatoms. The Morgan fingerprint density at radius 1 is 0.938 bits per heavy atom. The summed E-state index contributed by atoms with van der Waals surface area (Å²) in [6.45, 7) is 1.67. The summed E-state index contributed by atoms with van der Waals surface area (Å²) < 4.78 is 23.0. The van der Waals surface area contributed by atoms with Crippen molar-refractivity contribution in [2.75, 3.05) is 14.2 Å². The van der Waals surface area contributed by atoms with Crippen LogP contribution in [0.15, 0.2) is 48.5 Å². The van der Waals surface area contributed by atoms with E-state index in [9.17, 15) is 15.8 Å². The van der Waals surface area contributed by atoms with Gasteiger partial charge < -0.3 is 18.9 Å². The summed E-state index contributed by atoms with van der Waals surface area (Å²) >= 11 is 0. The molecule has 2 aromatic rings. The summed E-state index contributed by atoms with van der Waals surface area (Å²) in [7, 11) is 3.05. The summed E-state index contributed by atoms with van der Waals surface area (Å²) in [5, 5.41) is 39.5. The quantitative estimate of drug-likeness (QED) is 0.783. The predicted molar refractivity (Wildman–Crippen MR) is 111 cm³/mol. The van der Waals surface area contributed by atoms with Crippen molar-refractivity contribution in [3.63, 3.8) is 0 Å². The summed E-state index contributed by atoms with van der Waals surface area (Å²) in [4.78, 5) is 0. The molecule has 8 nitrogen and oxygen atoms in total. The molecule has 160 valence electrons. The average molecular weight is 428 g/mol. The number of benzene rings is 2. The van der Waals surface area contributed by atoms with Crippen LogP contribution in [-0.4, -0.2) is 20.1 Å². The van der Waals surface area contributed by atoms with Crippen molar-refractivity contribution in [1.29, 1.82) is 21.2 Å². The Labute approximate surface area is 185 Å². The number of rotatable bonds is 4. The lowest BCUT2D eigenvalue weighted by molar-refractivity contribution is -0.288. The van der Waals surface area contributed by atoms with E-state index in [1.54, 1.807) is 62.6 Å². The highest BCUT2D eigenvalue weighted by Gasteiger charge is 2.79. The number of ether oxygens (including phenoxy) is 4. The Hall–Kier alpha value is -4.06. The Morgan fingerprint density at radius 2 is 1.59 bits per heavy atom. The molecule has 2 aliphatic heterocycles. The molecule has 2 aromatic carbocycles. The fraction of sp³-hybridized carbons (Fsp3) is 0.333. The molecule has 0 aliphatic carbocycles. The number of fused-ring (bicyclic) bond motifs is 2. The fourth-order valence-electron chi connectivity index (χ4n) is 4.80. The zero-order chi connectivity index (χ0) is 23.1. The standard InChI is InChI=1S/C24H20N4O4/c1-15-23(14-27)21(28)32-24(15,17-7-9-18(29-2)10-8-17)31-20(22(23,12-25)13-26)16-5-4-6-19(11-16)30-3/h4-11,15,20,28H,1-3H3. The second kappa shape index (κ2) is 7.27. The van der Waals surface area contributed by atoms with Gasteiger partial charge in [-0.25, -0.2) is 0 Å². The molecule has 4 atom stereocenters. The molecule has 0 aromatic heterocycles. The van der Waals surface area contributed by atoms with E-state index < -0.39 is 34.5 Å². The lowest BCUT2D eigenvalue weighted by atomic mass is 9.53. The molecule has 2 heterocycles. The van der Waals surface area contributed by atoms with Gasteiger partial charge in [-0.1, -0.05) is 19.1 Å². The van der Waals surface area contributed by atoms with Crippen molar-refractivity contribution in [3.05, 3.63) is 59.7 Å². The maximum atomic E-state index is 10.3. The highest BCUT2D eigenvalue weighted by molar-refractivity contribution is 5.89. The van der Waals surface area contributed by atoms with Crippen LogP contribution in [0, 0.1) is 56.2 Å². The van der Waals surface area contributed by atoms with E-state index in [-0.39, 0.29) is 0 Å². The zero-order valence-electron chi connectivity index (χ0n) is 17.7. The van der Waals surface area contributed by atoms with Gasteiger partial charge in [-0.05, 0) is 42.0 Å². The number of nitrogens with one attached hydrogen (secondary N) is 1. The molecule has 0 radical (unpaired) electrons. The number of hydrogen-bond acceptors (Lipinski definition) is 8. The van der Waals surface area contributed by atoms with Gasteiger partial charge in [-0.2, -0.15) is 15.8 Å². The average Bonchev–Trinajstić information content (AvgIpc) is 3.00. The van der Waals surface area contributed by atoms with Crippen molar-refractivity contribution in [3.8, 4) is 29.7 Å². The first kappa shape index (κ1) is 21.2. The van der Waals surface area contributed by atoms with Crippen LogP contribution < -0.4 is 9.47 Å². The third-order valence-electron chi connectivity index (χ3n) is 6.56. The lowest BCUT2D eigenvalue weighted by Gasteiger charge is -2.48. The molecule has 32 heavy (non-hydrogen) atoms. The van der Waals surface area contributed by atoms with Crippen LogP contribution in [0.1, 0.15) is 24.2 Å². The van der Waals surface area contributed by atoms with Crippen LogP contribution in [0.3, 0.4) is 0 Å². The van der Waals surface area contributed by atoms with Crippen molar-refractivity contribution < 1.29 is 18.9 Å². The number of methoxy groups -OCH3 is 2. The number of hydrogen-bond donors (Lipinski definition) is 1. The van der Waals surface area contributed by atoms with E-state index in [4.69, 9.17) is 24.4 Å². The molecule has 2 fully saturated rings. The van der Waals surface area contributed by atoms with Crippen LogP contribution in [-0.2, 0) is 15.3 Å². The minimum Gasteiger partial charge on any atom is -0.497 e. The SMILES string of the molecule is COc1ccc(C23OC(=N)C(C#N)(C2C)C(C#N)(C#N)C(c2cccc(OC)c2)O3)cc1.